The summed E-state index contributed by atoms with van der Waals surface area (Å²) in [5.41, 5.74) is 5.28. The molecule has 0 saturated heterocycles. The molecule has 0 aliphatic carbocycles. The molecule has 0 unspecified atom stereocenters. The first-order valence-electron chi connectivity index (χ1n) is 4.32. The predicted octanol–water partition coefficient (Wildman–Crippen LogP) is 1.90. The second kappa shape index (κ2) is 4.09. The summed E-state index contributed by atoms with van der Waals surface area (Å²) >= 11 is 0. The quantitative estimate of drug-likeness (QED) is 0.573. The lowest BCUT2D eigenvalue weighted by Crippen LogP contribution is -2.17. The molecule has 1 aromatic carbocycles. The van der Waals surface area contributed by atoms with Gasteiger partial charge in [-0.2, -0.15) is 0 Å². The van der Waals surface area contributed by atoms with Gasteiger partial charge in [-0.1, -0.05) is 6.07 Å². The second-order valence-corrected chi connectivity index (χ2v) is 3.19. The topological polar surface area (TPSA) is 59.1 Å². The summed E-state index contributed by atoms with van der Waals surface area (Å²) in [6.07, 6.45) is -0.0742. The van der Waals surface area contributed by atoms with Crippen LogP contribution in [0.15, 0.2) is 18.2 Å². The highest BCUT2D eigenvalue weighted by atomic mass is 19.1. The van der Waals surface area contributed by atoms with Crippen LogP contribution in [0, 0.1) is 11.2 Å². The summed E-state index contributed by atoms with van der Waals surface area (Å²) in [6.45, 7) is 3.66. The Kier molecular flexibility index (Phi) is 3.06. The Hall–Kier alpha value is -1.58. The van der Waals surface area contributed by atoms with Crippen LogP contribution >= 0.6 is 0 Å². The zero-order chi connectivity index (χ0) is 10.7. The third kappa shape index (κ3) is 2.22. The minimum Gasteiger partial charge on any atom is -0.490 e. The molecule has 0 spiro atoms. The largest absolute Gasteiger partial charge is 0.490 e. The van der Waals surface area contributed by atoms with E-state index in [4.69, 9.17) is 15.9 Å². The Morgan fingerprint density at radius 3 is 2.64 bits per heavy atom. The van der Waals surface area contributed by atoms with E-state index in [1.54, 1.807) is 6.07 Å². The van der Waals surface area contributed by atoms with Crippen molar-refractivity contribution in [1.29, 1.82) is 5.41 Å². The van der Waals surface area contributed by atoms with Gasteiger partial charge in [-0.25, -0.2) is 4.39 Å². The van der Waals surface area contributed by atoms with Crippen LogP contribution < -0.4 is 10.5 Å². The standard InChI is InChI=1S/C10H13FN2O/c1-6(2)14-8-5-3-4-7(11)9(8)10(12)13/h3-6H,1-2H3,(H3,12,13). The highest BCUT2D eigenvalue weighted by Crippen LogP contribution is 2.21. The molecule has 0 aromatic heterocycles. The van der Waals surface area contributed by atoms with Gasteiger partial charge in [-0.05, 0) is 26.0 Å². The number of hydrogen-bond acceptors (Lipinski definition) is 2. The van der Waals surface area contributed by atoms with Crippen LogP contribution in [0.3, 0.4) is 0 Å². The van der Waals surface area contributed by atoms with Crippen LogP contribution in [0.25, 0.3) is 0 Å². The number of halogens is 1. The van der Waals surface area contributed by atoms with Crippen molar-refractivity contribution in [3.05, 3.63) is 29.6 Å². The number of benzene rings is 1. The van der Waals surface area contributed by atoms with Gasteiger partial charge in [0.05, 0.1) is 11.7 Å². The van der Waals surface area contributed by atoms with Crippen LogP contribution in [0.5, 0.6) is 5.75 Å². The summed E-state index contributed by atoms with van der Waals surface area (Å²) in [5, 5.41) is 7.22. The van der Waals surface area contributed by atoms with E-state index in [9.17, 15) is 4.39 Å². The van der Waals surface area contributed by atoms with Crippen molar-refractivity contribution in [2.75, 3.05) is 0 Å². The number of hydrogen-bond donors (Lipinski definition) is 2. The number of rotatable bonds is 3. The lowest BCUT2D eigenvalue weighted by molar-refractivity contribution is 0.241. The summed E-state index contributed by atoms with van der Waals surface area (Å²) in [5.74, 6) is -0.540. The van der Waals surface area contributed by atoms with Crippen molar-refractivity contribution in [2.45, 2.75) is 20.0 Å². The molecule has 3 N–H and O–H groups in total. The molecule has 76 valence electrons. The maximum atomic E-state index is 13.3. The van der Waals surface area contributed by atoms with E-state index >= 15 is 0 Å². The SMILES string of the molecule is CC(C)Oc1cccc(F)c1C(=N)N. The van der Waals surface area contributed by atoms with E-state index in [1.165, 1.54) is 12.1 Å². The molecule has 0 radical (unpaired) electrons. The van der Waals surface area contributed by atoms with Crippen molar-refractivity contribution in [3.8, 4) is 5.75 Å². The van der Waals surface area contributed by atoms with Crippen molar-refractivity contribution < 1.29 is 9.13 Å². The minimum atomic E-state index is -0.532. The van der Waals surface area contributed by atoms with Gasteiger partial charge in [-0.3, -0.25) is 5.41 Å². The summed E-state index contributed by atoms with van der Waals surface area (Å²) in [4.78, 5) is 0. The Balaban J connectivity index is 3.14. The number of ether oxygens (including phenoxy) is 1. The van der Waals surface area contributed by atoms with Gasteiger partial charge >= 0.3 is 0 Å². The molecule has 3 nitrogen and oxygen atoms in total. The molecular weight excluding hydrogens is 183 g/mol. The van der Waals surface area contributed by atoms with Gasteiger partial charge < -0.3 is 10.5 Å². The summed E-state index contributed by atoms with van der Waals surface area (Å²) in [7, 11) is 0. The third-order valence-corrected chi connectivity index (χ3v) is 1.61. The molecule has 0 heterocycles. The van der Waals surface area contributed by atoms with E-state index in [-0.39, 0.29) is 17.5 Å². The maximum Gasteiger partial charge on any atom is 0.137 e. The molecule has 0 saturated carbocycles. The molecule has 14 heavy (non-hydrogen) atoms. The highest BCUT2D eigenvalue weighted by Gasteiger charge is 2.12. The first kappa shape index (κ1) is 10.5. The van der Waals surface area contributed by atoms with Crippen LogP contribution in [-0.4, -0.2) is 11.9 Å². The molecule has 0 amide bonds. The second-order valence-electron chi connectivity index (χ2n) is 3.19. The molecule has 1 rings (SSSR count). The fourth-order valence-corrected chi connectivity index (χ4v) is 1.12. The number of nitrogens with two attached hydrogens (primary N) is 1. The van der Waals surface area contributed by atoms with Crippen molar-refractivity contribution in [3.63, 3.8) is 0 Å². The lowest BCUT2D eigenvalue weighted by Gasteiger charge is -2.13. The molecule has 1 aromatic rings. The third-order valence-electron chi connectivity index (χ3n) is 1.61. The van der Waals surface area contributed by atoms with E-state index in [0.29, 0.717) is 5.75 Å². The molecule has 0 aliphatic heterocycles. The Bertz CT molecular complexity index is 350. The van der Waals surface area contributed by atoms with E-state index < -0.39 is 5.82 Å². The molecule has 4 heteroatoms. The predicted molar refractivity (Wildman–Crippen MR) is 53.2 cm³/mol. The van der Waals surface area contributed by atoms with Crippen LogP contribution in [0.4, 0.5) is 4.39 Å². The first-order valence-corrected chi connectivity index (χ1v) is 4.32. The zero-order valence-electron chi connectivity index (χ0n) is 8.17. The minimum absolute atomic E-state index is 0.0289. The Morgan fingerprint density at radius 2 is 2.14 bits per heavy atom. The number of nitrogen functional groups attached to an aromatic ring is 1. The Labute approximate surface area is 82.2 Å². The van der Waals surface area contributed by atoms with Crippen molar-refractivity contribution in [1.82, 2.24) is 0 Å². The number of amidine groups is 1. The van der Waals surface area contributed by atoms with Crippen LogP contribution in [0.1, 0.15) is 19.4 Å². The molecule has 0 bridgehead atoms. The van der Waals surface area contributed by atoms with Gasteiger partial charge in [0, 0.05) is 0 Å². The van der Waals surface area contributed by atoms with Gasteiger partial charge in [0.15, 0.2) is 0 Å². The maximum absolute atomic E-state index is 13.3. The van der Waals surface area contributed by atoms with E-state index in [2.05, 4.69) is 0 Å². The Morgan fingerprint density at radius 1 is 1.50 bits per heavy atom. The smallest absolute Gasteiger partial charge is 0.137 e. The van der Waals surface area contributed by atoms with Crippen molar-refractivity contribution >= 4 is 5.84 Å². The highest BCUT2D eigenvalue weighted by molar-refractivity contribution is 5.97. The average Bonchev–Trinajstić information content (AvgIpc) is 2.01. The molecule has 0 atom stereocenters. The lowest BCUT2D eigenvalue weighted by atomic mass is 10.1. The van der Waals surface area contributed by atoms with Crippen LogP contribution in [0.2, 0.25) is 0 Å². The summed E-state index contributed by atoms with van der Waals surface area (Å²) in [6, 6.07) is 4.38. The fraction of sp³-hybridized carbons (Fsp3) is 0.300. The first-order chi connectivity index (χ1) is 6.52. The van der Waals surface area contributed by atoms with Gasteiger partial charge in [-0.15, -0.1) is 0 Å². The fourth-order valence-electron chi connectivity index (χ4n) is 1.12. The molecular formula is C10H13FN2O. The van der Waals surface area contributed by atoms with Gasteiger partial charge in [0.2, 0.25) is 0 Å². The molecule has 0 aliphatic rings. The summed E-state index contributed by atoms with van der Waals surface area (Å²) < 4.78 is 18.6. The van der Waals surface area contributed by atoms with E-state index in [1.807, 2.05) is 13.8 Å². The normalized spacial score (nSPS) is 10.3. The average molecular weight is 196 g/mol. The zero-order valence-corrected chi connectivity index (χ0v) is 8.17. The monoisotopic (exact) mass is 196 g/mol. The molecule has 0 fully saturated rings. The van der Waals surface area contributed by atoms with Crippen molar-refractivity contribution in [2.24, 2.45) is 5.73 Å². The van der Waals surface area contributed by atoms with Crippen LogP contribution in [-0.2, 0) is 0 Å². The van der Waals surface area contributed by atoms with E-state index in [0.717, 1.165) is 0 Å². The number of nitrogens with one attached hydrogen (secondary N) is 1. The van der Waals surface area contributed by atoms with Gasteiger partial charge in [0.1, 0.15) is 17.4 Å². The van der Waals surface area contributed by atoms with Gasteiger partial charge in [0.25, 0.3) is 0 Å².